The molecule has 2 fully saturated rings. The van der Waals surface area contributed by atoms with Gasteiger partial charge in [-0.2, -0.15) is 4.31 Å². The predicted octanol–water partition coefficient (Wildman–Crippen LogP) is 1.72. The monoisotopic (exact) mass is 396 g/mol. The largest absolute Gasteiger partial charge is 0.490 e. The van der Waals surface area contributed by atoms with Gasteiger partial charge in [-0.25, -0.2) is 8.42 Å². The SMILES string of the molecule is C[C@@H]1CN(C2CCN(S(=O)(=O)c3ccc4c(c3)OCCCO4)CC2)CCO1. The number of hydrogen-bond acceptors (Lipinski definition) is 6. The summed E-state index contributed by atoms with van der Waals surface area (Å²) in [5.41, 5.74) is 0. The normalized spacial score (nSPS) is 25.9. The molecule has 0 N–H and O–H groups in total. The van der Waals surface area contributed by atoms with E-state index in [0.717, 1.165) is 39.0 Å². The fourth-order valence-corrected chi connectivity index (χ4v) is 5.56. The Morgan fingerprint density at radius 2 is 1.74 bits per heavy atom. The molecular formula is C19H28N2O5S. The van der Waals surface area contributed by atoms with E-state index in [9.17, 15) is 8.42 Å². The second-order valence-corrected chi connectivity index (χ2v) is 9.41. The average molecular weight is 397 g/mol. The number of rotatable bonds is 3. The molecule has 3 heterocycles. The van der Waals surface area contributed by atoms with Crippen LogP contribution in [0.2, 0.25) is 0 Å². The van der Waals surface area contributed by atoms with Crippen LogP contribution in [0.4, 0.5) is 0 Å². The molecule has 0 saturated carbocycles. The first-order valence-electron chi connectivity index (χ1n) is 9.79. The van der Waals surface area contributed by atoms with Gasteiger partial charge in [-0.1, -0.05) is 0 Å². The Hall–Kier alpha value is -1.35. The van der Waals surface area contributed by atoms with Gasteiger partial charge in [-0.05, 0) is 31.9 Å². The molecule has 1 aromatic carbocycles. The Balaban J connectivity index is 1.43. The number of hydrogen-bond donors (Lipinski definition) is 0. The summed E-state index contributed by atoms with van der Waals surface area (Å²) < 4.78 is 44.7. The number of sulfonamides is 1. The van der Waals surface area contributed by atoms with Gasteiger partial charge >= 0.3 is 0 Å². The lowest BCUT2D eigenvalue weighted by molar-refractivity contribution is -0.0406. The topological polar surface area (TPSA) is 68.3 Å². The zero-order valence-electron chi connectivity index (χ0n) is 15.8. The number of nitrogens with zero attached hydrogens (tertiary/aromatic N) is 2. The minimum absolute atomic E-state index is 0.252. The standard InChI is InChI=1S/C19H28N2O5S/c1-15-14-20(9-12-24-15)16-5-7-21(8-6-16)27(22,23)17-3-4-18-19(13-17)26-11-2-10-25-18/h3-4,13,15-16H,2,5-12,14H2,1H3/t15-/m1/s1. The summed E-state index contributed by atoms with van der Waals surface area (Å²) >= 11 is 0. The Morgan fingerprint density at radius 1 is 1.00 bits per heavy atom. The van der Waals surface area contributed by atoms with Gasteiger partial charge in [0.05, 0.1) is 30.8 Å². The maximum atomic E-state index is 13.1. The van der Waals surface area contributed by atoms with Gasteiger partial charge in [0.15, 0.2) is 11.5 Å². The van der Waals surface area contributed by atoms with E-state index in [1.807, 2.05) is 0 Å². The molecule has 0 spiro atoms. The smallest absolute Gasteiger partial charge is 0.243 e. The molecule has 1 aromatic rings. The van der Waals surface area contributed by atoms with E-state index in [0.29, 0.717) is 43.8 Å². The lowest BCUT2D eigenvalue weighted by Crippen LogP contribution is -2.51. The summed E-state index contributed by atoms with van der Waals surface area (Å²) in [6, 6.07) is 5.37. The molecule has 0 aromatic heterocycles. The van der Waals surface area contributed by atoms with Crippen molar-refractivity contribution < 1.29 is 22.6 Å². The van der Waals surface area contributed by atoms with Crippen LogP contribution in [-0.2, 0) is 14.8 Å². The molecule has 8 heteroatoms. The van der Waals surface area contributed by atoms with Crippen molar-refractivity contribution in [1.82, 2.24) is 9.21 Å². The fourth-order valence-electron chi connectivity index (χ4n) is 4.08. The maximum absolute atomic E-state index is 13.1. The van der Waals surface area contributed by atoms with E-state index in [2.05, 4.69) is 11.8 Å². The highest BCUT2D eigenvalue weighted by atomic mass is 32.2. The lowest BCUT2D eigenvalue weighted by atomic mass is 10.0. The minimum atomic E-state index is -3.52. The van der Waals surface area contributed by atoms with Crippen LogP contribution >= 0.6 is 0 Å². The Labute approximate surface area is 161 Å². The number of ether oxygens (including phenoxy) is 3. The van der Waals surface area contributed by atoms with Crippen molar-refractivity contribution in [2.24, 2.45) is 0 Å². The number of fused-ring (bicyclic) bond motifs is 1. The highest BCUT2D eigenvalue weighted by Crippen LogP contribution is 2.33. The van der Waals surface area contributed by atoms with Crippen molar-refractivity contribution in [2.75, 3.05) is 46.0 Å². The molecule has 2 saturated heterocycles. The van der Waals surface area contributed by atoms with Crippen molar-refractivity contribution in [3.05, 3.63) is 18.2 Å². The molecule has 0 radical (unpaired) electrons. The highest BCUT2D eigenvalue weighted by Gasteiger charge is 2.33. The summed E-state index contributed by atoms with van der Waals surface area (Å²) in [5, 5.41) is 0. The number of piperidine rings is 1. The summed E-state index contributed by atoms with van der Waals surface area (Å²) in [5.74, 6) is 1.14. The van der Waals surface area contributed by atoms with Crippen molar-refractivity contribution in [2.45, 2.75) is 43.2 Å². The molecular weight excluding hydrogens is 368 g/mol. The number of benzene rings is 1. The molecule has 4 rings (SSSR count). The van der Waals surface area contributed by atoms with Crippen LogP contribution in [0.5, 0.6) is 11.5 Å². The molecule has 0 bridgehead atoms. The van der Waals surface area contributed by atoms with Crippen LogP contribution in [0.3, 0.4) is 0 Å². The second-order valence-electron chi connectivity index (χ2n) is 7.47. The van der Waals surface area contributed by atoms with Gasteiger partial charge < -0.3 is 14.2 Å². The second kappa shape index (κ2) is 7.95. The third-order valence-electron chi connectivity index (χ3n) is 5.57. The van der Waals surface area contributed by atoms with E-state index in [4.69, 9.17) is 14.2 Å². The van der Waals surface area contributed by atoms with Crippen LogP contribution in [0.15, 0.2) is 23.1 Å². The average Bonchev–Trinajstić information content (AvgIpc) is 2.93. The molecule has 7 nitrogen and oxygen atoms in total. The van der Waals surface area contributed by atoms with Gasteiger partial charge in [0, 0.05) is 44.7 Å². The molecule has 3 aliphatic rings. The molecule has 1 atom stereocenters. The van der Waals surface area contributed by atoms with Crippen LogP contribution < -0.4 is 9.47 Å². The van der Waals surface area contributed by atoms with Crippen LogP contribution in [0, 0.1) is 0 Å². The molecule has 27 heavy (non-hydrogen) atoms. The number of morpholine rings is 1. The fraction of sp³-hybridized carbons (Fsp3) is 0.684. The predicted molar refractivity (Wildman–Crippen MR) is 101 cm³/mol. The van der Waals surface area contributed by atoms with Gasteiger partial charge in [0.2, 0.25) is 10.0 Å². The Bertz CT molecular complexity index is 761. The third kappa shape index (κ3) is 4.08. The third-order valence-corrected chi connectivity index (χ3v) is 7.46. The van der Waals surface area contributed by atoms with Crippen molar-refractivity contribution in [3.63, 3.8) is 0 Å². The Kier molecular flexibility index (Phi) is 5.59. The Morgan fingerprint density at radius 3 is 2.48 bits per heavy atom. The van der Waals surface area contributed by atoms with Gasteiger partial charge in [-0.3, -0.25) is 4.90 Å². The first-order chi connectivity index (χ1) is 13.0. The van der Waals surface area contributed by atoms with Crippen molar-refractivity contribution in [1.29, 1.82) is 0 Å². The van der Waals surface area contributed by atoms with Crippen LogP contribution in [-0.4, -0.2) is 75.8 Å². The van der Waals surface area contributed by atoms with E-state index in [1.165, 1.54) is 0 Å². The van der Waals surface area contributed by atoms with Crippen molar-refractivity contribution >= 4 is 10.0 Å². The molecule has 0 aliphatic carbocycles. The van der Waals surface area contributed by atoms with Gasteiger partial charge in [0.1, 0.15) is 0 Å². The van der Waals surface area contributed by atoms with E-state index < -0.39 is 10.0 Å². The van der Waals surface area contributed by atoms with E-state index >= 15 is 0 Å². The minimum Gasteiger partial charge on any atom is -0.490 e. The first-order valence-corrected chi connectivity index (χ1v) is 11.2. The van der Waals surface area contributed by atoms with E-state index in [1.54, 1.807) is 22.5 Å². The summed E-state index contributed by atoms with van der Waals surface area (Å²) in [6.45, 7) is 6.95. The lowest BCUT2D eigenvalue weighted by Gasteiger charge is -2.41. The van der Waals surface area contributed by atoms with Crippen LogP contribution in [0.25, 0.3) is 0 Å². The quantitative estimate of drug-likeness (QED) is 0.775. The molecule has 0 amide bonds. The summed E-state index contributed by atoms with van der Waals surface area (Å²) in [4.78, 5) is 2.73. The van der Waals surface area contributed by atoms with Gasteiger partial charge in [0.25, 0.3) is 0 Å². The molecule has 3 aliphatic heterocycles. The highest BCUT2D eigenvalue weighted by molar-refractivity contribution is 7.89. The zero-order chi connectivity index (χ0) is 18.9. The van der Waals surface area contributed by atoms with Crippen molar-refractivity contribution in [3.8, 4) is 11.5 Å². The molecule has 0 unspecified atom stereocenters. The molecule has 150 valence electrons. The van der Waals surface area contributed by atoms with Gasteiger partial charge in [-0.15, -0.1) is 0 Å². The van der Waals surface area contributed by atoms with Crippen LogP contribution in [0.1, 0.15) is 26.2 Å². The summed E-state index contributed by atoms with van der Waals surface area (Å²) in [7, 11) is -3.52. The maximum Gasteiger partial charge on any atom is 0.243 e. The summed E-state index contributed by atoms with van der Waals surface area (Å²) in [6.07, 6.45) is 2.76. The zero-order valence-corrected chi connectivity index (χ0v) is 16.6. The van der Waals surface area contributed by atoms with E-state index in [-0.39, 0.29) is 11.0 Å². The first kappa shape index (κ1) is 19.0.